The number of anilines is 2. The number of benzene rings is 1. The van der Waals surface area contributed by atoms with Gasteiger partial charge in [0, 0.05) is 0 Å². The van der Waals surface area contributed by atoms with Crippen molar-refractivity contribution in [3.8, 4) is 0 Å². The van der Waals surface area contributed by atoms with Crippen molar-refractivity contribution in [3.63, 3.8) is 0 Å². The van der Waals surface area contributed by atoms with E-state index >= 15 is 0 Å². The fraction of sp³-hybridized carbons (Fsp3) is 0. The van der Waals surface area contributed by atoms with Crippen LogP contribution in [-0.2, 0) is 0 Å². The molecule has 0 fully saturated rings. The zero-order valence-corrected chi connectivity index (χ0v) is 11.5. The summed E-state index contributed by atoms with van der Waals surface area (Å²) >= 11 is 16.9. The summed E-state index contributed by atoms with van der Waals surface area (Å²) in [7, 11) is 0. The Kier molecular flexibility index (Phi) is 4.01. The molecule has 1 heterocycles. The summed E-state index contributed by atoms with van der Waals surface area (Å²) in [4.78, 5) is 4.38. The average Bonchev–Trinajstić information content (AvgIpc) is 2.34. The first-order valence-electron chi connectivity index (χ1n) is 5.05. The fourth-order valence-corrected chi connectivity index (χ4v) is 1.99. The summed E-state index contributed by atoms with van der Waals surface area (Å²) in [5, 5.41) is 4.18. The molecule has 0 unspecified atom stereocenters. The molecule has 0 aliphatic heterocycles. The third-order valence-corrected chi connectivity index (χ3v) is 3.09. The van der Waals surface area contributed by atoms with Crippen LogP contribution in [0.15, 0.2) is 36.5 Å². The minimum absolute atomic E-state index is 0.261. The number of para-hydroxylation sites is 1. The van der Waals surface area contributed by atoms with E-state index in [1.807, 2.05) is 0 Å². The summed E-state index contributed by atoms with van der Waals surface area (Å²) < 4.78 is 0. The summed E-state index contributed by atoms with van der Waals surface area (Å²) in [6.45, 7) is 0. The van der Waals surface area contributed by atoms with Crippen molar-refractivity contribution in [2.24, 2.45) is 5.73 Å². The highest BCUT2D eigenvalue weighted by Gasteiger charge is 2.06. The molecule has 0 saturated heterocycles. The lowest BCUT2D eigenvalue weighted by atomic mass is 10.3. The van der Waals surface area contributed by atoms with Crippen LogP contribution in [0.3, 0.4) is 0 Å². The number of pyridine rings is 1. The SMILES string of the molecule is NC(=S)c1ccc(Nc2c(Cl)cccc2Cl)cn1. The molecule has 0 atom stereocenters. The van der Waals surface area contributed by atoms with Crippen LogP contribution in [0.1, 0.15) is 5.69 Å². The molecule has 1 aromatic heterocycles. The van der Waals surface area contributed by atoms with Gasteiger partial charge in [0.25, 0.3) is 0 Å². The van der Waals surface area contributed by atoms with Gasteiger partial charge in [0.1, 0.15) is 4.99 Å². The molecule has 1 aromatic carbocycles. The van der Waals surface area contributed by atoms with Gasteiger partial charge in [-0.3, -0.25) is 4.98 Å². The Morgan fingerprint density at radius 2 is 1.83 bits per heavy atom. The summed E-state index contributed by atoms with van der Waals surface area (Å²) in [5.41, 5.74) is 7.44. The van der Waals surface area contributed by atoms with Gasteiger partial charge in [0.2, 0.25) is 0 Å². The molecule has 3 N–H and O–H groups in total. The standard InChI is InChI=1S/C12H9Cl2N3S/c13-8-2-1-3-9(14)11(8)17-7-4-5-10(12(15)18)16-6-7/h1-6,17H,(H2,15,18). The van der Waals surface area contributed by atoms with Crippen LogP contribution in [0.2, 0.25) is 10.0 Å². The van der Waals surface area contributed by atoms with E-state index in [2.05, 4.69) is 10.3 Å². The van der Waals surface area contributed by atoms with Crippen molar-refractivity contribution < 1.29 is 0 Å². The minimum atomic E-state index is 0.261. The van der Waals surface area contributed by atoms with E-state index in [0.29, 0.717) is 21.4 Å². The molecular formula is C12H9Cl2N3S. The van der Waals surface area contributed by atoms with Crippen LogP contribution in [0, 0.1) is 0 Å². The van der Waals surface area contributed by atoms with E-state index < -0.39 is 0 Å². The summed E-state index contributed by atoms with van der Waals surface area (Å²) in [6, 6.07) is 8.83. The monoisotopic (exact) mass is 297 g/mol. The predicted molar refractivity (Wildman–Crippen MR) is 79.9 cm³/mol. The van der Waals surface area contributed by atoms with Crippen LogP contribution in [0.5, 0.6) is 0 Å². The van der Waals surface area contributed by atoms with E-state index in [1.165, 1.54) is 0 Å². The van der Waals surface area contributed by atoms with E-state index in [4.69, 9.17) is 41.2 Å². The second-order valence-electron chi connectivity index (χ2n) is 3.52. The van der Waals surface area contributed by atoms with Crippen LogP contribution in [0.4, 0.5) is 11.4 Å². The summed E-state index contributed by atoms with van der Waals surface area (Å²) in [5.74, 6) is 0. The van der Waals surface area contributed by atoms with Crippen LogP contribution >= 0.6 is 35.4 Å². The number of rotatable bonds is 3. The predicted octanol–water partition coefficient (Wildman–Crippen LogP) is 3.77. The number of nitrogens with zero attached hydrogens (tertiary/aromatic N) is 1. The van der Waals surface area contributed by atoms with E-state index in [-0.39, 0.29) is 4.99 Å². The second kappa shape index (κ2) is 5.52. The van der Waals surface area contributed by atoms with Crippen molar-refractivity contribution >= 4 is 51.8 Å². The number of nitrogens with one attached hydrogen (secondary N) is 1. The highest BCUT2D eigenvalue weighted by atomic mass is 35.5. The zero-order chi connectivity index (χ0) is 13.1. The molecule has 0 aliphatic carbocycles. The van der Waals surface area contributed by atoms with Crippen LogP contribution in [-0.4, -0.2) is 9.97 Å². The van der Waals surface area contributed by atoms with Gasteiger partial charge < -0.3 is 11.1 Å². The Labute approximate surface area is 120 Å². The van der Waals surface area contributed by atoms with E-state index in [1.54, 1.807) is 36.5 Å². The number of hydrogen-bond donors (Lipinski definition) is 2. The van der Waals surface area contributed by atoms with Gasteiger partial charge in [-0.2, -0.15) is 0 Å². The smallest absolute Gasteiger partial charge is 0.122 e. The average molecular weight is 298 g/mol. The quantitative estimate of drug-likeness (QED) is 0.847. The summed E-state index contributed by atoms with van der Waals surface area (Å²) in [6.07, 6.45) is 1.62. The van der Waals surface area contributed by atoms with Crippen molar-refractivity contribution in [1.82, 2.24) is 4.98 Å². The molecule has 0 aliphatic rings. The van der Waals surface area contributed by atoms with Crippen molar-refractivity contribution in [2.75, 3.05) is 5.32 Å². The third kappa shape index (κ3) is 2.90. The Hall–Kier alpha value is -1.36. The van der Waals surface area contributed by atoms with Gasteiger partial charge in [-0.25, -0.2) is 0 Å². The maximum absolute atomic E-state index is 6.05. The molecule has 3 nitrogen and oxygen atoms in total. The number of aromatic nitrogens is 1. The second-order valence-corrected chi connectivity index (χ2v) is 4.77. The first-order valence-corrected chi connectivity index (χ1v) is 6.21. The maximum Gasteiger partial charge on any atom is 0.122 e. The number of nitrogens with two attached hydrogens (primary N) is 1. The molecular weight excluding hydrogens is 289 g/mol. The number of halogens is 2. The lowest BCUT2D eigenvalue weighted by Crippen LogP contribution is -2.11. The molecule has 0 radical (unpaired) electrons. The number of thiocarbonyl (C=S) groups is 1. The van der Waals surface area contributed by atoms with Gasteiger partial charge >= 0.3 is 0 Å². The van der Waals surface area contributed by atoms with Crippen molar-refractivity contribution in [3.05, 3.63) is 52.3 Å². The van der Waals surface area contributed by atoms with Crippen molar-refractivity contribution in [2.45, 2.75) is 0 Å². The Bertz CT molecular complexity index is 564. The van der Waals surface area contributed by atoms with Gasteiger partial charge in [-0.15, -0.1) is 0 Å². The molecule has 0 spiro atoms. The largest absolute Gasteiger partial charge is 0.388 e. The Balaban J connectivity index is 2.26. The van der Waals surface area contributed by atoms with Crippen LogP contribution < -0.4 is 11.1 Å². The lowest BCUT2D eigenvalue weighted by Gasteiger charge is -2.10. The van der Waals surface area contributed by atoms with Crippen molar-refractivity contribution in [1.29, 1.82) is 0 Å². The topological polar surface area (TPSA) is 50.9 Å². The molecule has 0 amide bonds. The van der Waals surface area contributed by atoms with Gasteiger partial charge in [-0.1, -0.05) is 41.5 Å². The Morgan fingerprint density at radius 3 is 2.33 bits per heavy atom. The molecule has 6 heteroatoms. The van der Waals surface area contributed by atoms with Gasteiger partial charge in [-0.05, 0) is 24.3 Å². The fourth-order valence-electron chi connectivity index (χ4n) is 1.38. The molecule has 0 saturated carbocycles. The Morgan fingerprint density at radius 1 is 1.17 bits per heavy atom. The lowest BCUT2D eigenvalue weighted by molar-refractivity contribution is 1.29. The third-order valence-electron chi connectivity index (χ3n) is 2.25. The van der Waals surface area contributed by atoms with E-state index in [9.17, 15) is 0 Å². The van der Waals surface area contributed by atoms with E-state index in [0.717, 1.165) is 5.69 Å². The molecule has 2 rings (SSSR count). The highest BCUT2D eigenvalue weighted by molar-refractivity contribution is 7.80. The van der Waals surface area contributed by atoms with Gasteiger partial charge in [0.05, 0.1) is 33.3 Å². The first-order chi connectivity index (χ1) is 8.58. The minimum Gasteiger partial charge on any atom is -0.388 e. The zero-order valence-electron chi connectivity index (χ0n) is 9.15. The number of hydrogen-bond acceptors (Lipinski definition) is 3. The van der Waals surface area contributed by atoms with Gasteiger partial charge in [0.15, 0.2) is 0 Å². The highest BCUT2D eigenvalue weighted by Crippen LogP contribution is 2.32. The maximum atomic E-state index is 6.05. The first kappa shape index (κ1) is 13.1. The molecule has 18 heavy (non-hydrogen) atoms. The molecule has 2 aromatic rings. The molecule has 92 valence electrons. The molecule has 0 bridgehead atoms. The normalized spacial score (nSPS) is 10.1. The van der Waals surface area contributed by atoms with Crippen LogP contribution in [0.25, 0.3) is 0 Å².